The topological polar surface area (TPSA) is 44.8 Å². The quantitative estimate of drug-likeness (QED) is 0.836. The molecule has 116 valence electrons. The van der Waals surface area contributed by atoms with Crippen LogP contribution in [0.5, 0.6) is 0 Å². The number of benzene rings is 1. The molecule has 2 rings (SSSR count). The molecule has 1 aromatic carbocycles. The molecule has 0 aliphatic carbocycles. The van der Waals surface area contributed by atoms with Crippen LogP contribution in [-0.2, 0) is 11.3 Å². The van der Waals surface area contributed by atoms with Gasteiger partial charge in [0.2, 0.25) is 0 Å². The molecule has 1 saturated heterocycles. The SMILES string of the molecule is COCCNC(=O)N1CCN(Cc2cccc(C)c2)CC1. The second kappa shape index (κ2) is 8.00. The maximum atomic E-state index is 11.9. The molecule has 1 aliphatic rings. The number of aryl methyl sites for hydroxylation is 1. The third-order valence-electron chi connectivity index (χ3n) is 3.73. The second-order valence-electron chi connectivity index (χ2n) is 5.48. The van der Waals surface area contributed by atoms with Crippen molar-refractivity contribution in [1.29, 1.82) is 0 Å². The van der Waals surface area contributed by atoms with Crippen molar-refractivity contribution in [3.63, 3.8) is 0 Å². The third-order valence-corrected chi connectivity index (χ3v) is 3.73. The minimum Gasteiger partial charge on any atom is -0.383 e. The molecule has 1 fully saturated rings. The zero-order valence-electron chi connectivity index (χ0n) is 13.0. The summed E-state index contributed by atoms with van der Waals surface area (Å²) in [6.07, 6.45) is 0. The Bertz CT molecular complexity index is 457. The van der Waals surface area contributed by atoms with Crippen LogP contribution in [0.1, 0.15) is 11.1 Å². The highest BCUT2D eigenvalue weighted by atomic mass is 16.5. The Balaban J connectivity index is 1.74. The van der Waals surface area contributed by atoms with E-state index in [1.165, 1.54) is 11.1 Å². The van der Waals surface area contributed by atoms with Gasteiger partial charge in [0.15, 0.2) is 0 Å². The molecular weight excluding hydrogens is 266 g/mol. The number of amides is 2. The highest BCUT2D eigenvalue weighted by Gasteiger charge is 2.20. The number of nitrogens with one attached hydrogen (secondary N) is 1. The number of piperazine rings is 1. The largest absolute Gasteiger partial charge is 0.383 e. The van der Waals surface area contributed by atoms with Crippen LogP contribution in [0, 0.1) is 6.92 Å². The molecule has 0 bridgehead atoms. The lowest BCUT2D eigenvalue weighted by Gasteiger charge is -2.34. The average molecular weight is 291 g/mol. The van der Waals surface area contributed by atoms with Crippen LogP contribution in [0.2, 0.25) is 0 Å². The Morgan fingerprint density at radius 2 is 2.05 bits per heavy atom. The summed E-state index contributed by atoms with van der Waals surface area (Å²) in [5, 5.41) is 2.87. The first-order valence-corrected chi connectivity index (χ1v) is 7.48. The Morgan fingerprint density at radius 1 is 1.29 bits per heavy atom. The molecule has 5 nitrogen and oxygen atoms in total. The van der Waals surface area contributed by atoms with Gasteiger partial charge in [0, 0.05) is 46.4 Å². The summed E-state index contributed by atoms with van der Waals surface area (Å²) in [4.78, 5) is 16.2. The summed E-state index contributed by atoms with van der Waals surface area (Å²) >= 11 is 0. The number of carbonyl (C=O) groups excluding carboxylic acids is 1. The van der Waals surface area contributed by atoms with E-state index in [2.05, 4.69) is 41.4 Å². The lowest BCUT2D eigenvalue weighted by Crippen LogP contribution is -2.51. The molecule has 0 atom stereocenters. The van der Waals surface area contributed by atoms with Crippen molar-refractivity contribution in [3.05, 3.63) is 35.4 Å². The number of carbonyl (C=O) groups is 1. The predicted octanol–water partition coefficient (Wildman–Crippen LogP) is 1.47. The molecule has 0 radical (unpaired) electrons. The average Bonchev–Trinajstić information content (AvgIpc) is 2.48. The van der Waals surface area contributed by atoms with Gasteiger partial charge in [0.05, 0.1) is 6.61 Å². The van der Waals surface area contributed by atoms with Crippen LogP contribution in [0.4, 0.5) is 4.79 Å². The van der Waals surface area contributed by atoms with Gasteiger partial charge in [0.25, 0.3) is 0 Å². The van der Waals surface area contributed by atoms with Crippen LogP contribution in [0.25, 0.3) is 0 Å². The normalized spacial score (nSPS) is 16.0. The van der Waals surface area contributed by atoms with Gasteiger partial charge < -0.3 is 15.0 Å². The fourth-order valence-electron chi connectivity index (χ4n) is 2.55. The Kier molecular flexibility index (Phi) is 6.02. The highest BCUT2D eigenvalue weighted by Crippen LogP contribution is 2.10. The van der Waals surface area contributed by atoms with Gasteiger partial charge in [-0.05, 0) is 12.5 Å². The van der Waals surface area contributed by atoms with E-state index >= 15 is 0 Å². The van der Waals surface area contributed by atoms with Crippen molar-refractivity contribution in [3.8, 4) is 0 Å². The van der Waals surface area contributed by atoms with Crippen LogP contribution in [0.3, 0.4) is 0 Å². The monoisotopic (exact) mass is 291 g/mol. The third kappa shape index (κ3) is 5.02. The van der Waals surface area contributed by atoms with E-state index in [1.807, 2.05) is 4.90 Å². The first-order valence-electron chi connectivity index (χ1n) is 7.48. The number of hydrogen-bond donors (Lipinski definition) is 1. The highest BCUT2D eigenvalue weighted by molar-refractivity contribution is 5.74. The molecule has 5 heteroatoms. The lowest BCUT2D eigenvalue weighted by atomic mass is 10.1. The van der Waals surface area contributed by atoms with Crippen LogP contribution in [-0.4, -0.2) is 62.3 Å². The van der Waals surface area contributed by atoms with E-state index in [1.54, 1.807) is 7.11 Å². The molecule has 21 heavy (non-hydrogen) atoms. The van der Waals surface area contributed by atoms with Gasteiger partial charge in [-0.25, -0.2) is 4.79 Å². The summed E-state index contributed by atoms with van der Waals surface area (Å²) < 4.78 is 4.93. The first kappa shape index (κ1) is 15.8. The number of hydrogen-bond acceptors (Lipinski definition) is 3. The summed E-state index contributed by atoms with van der Waals surface area (Å²) in [7, 11) is 1.64. The van der Waals surface area contributed by atoms with Gasteiger partial charge in [0.1, 0.15) is 0 Å². The van der Waals surface area contributed by atoms with E-state index in [4.69, 9.17) is 4.74 Å². The van der Waals surface area contributed by atoms with E-state index in [0.717, 1.165) is 32.7 Å². The Labute approximate surface area is 126 Å². The fourth-order valence-corrected chi connectivity index (χ4v) is 2.55. The van der Waals surface area contributed by atoms with Gasteiger partial charge in [-0.1, -0.05) is 29.8 Å². The molecule has 0 spiro atoms. The van der Waals surface area contributed by atoms with E-state index in [-0.39, 0.29) is 6.03 Å². The van der Waals surface area contributed by atoms with Gasteiger partial charge in [-0.3, -0.25) is 4.90 Å². The smallest absolute Gasteiger partial charge is 0.317 e. The van der Waals surface area contributed by atoms with Crippen molar-refractivity contribution in [2.75, 3.05) is 46.4 Å². The molecule has 0 unspecified atom stereocenters. The van der Waals surface area contributed by atoms with Crippen molar-refractivity contribution in [1.82, 2.24) is 15.1 Å². The molecule has 2 amide bonds. The molecule has 1 heterocycles. The van der Waals surface area contributed by atoms with Gasteiger partial charge >= 0.3 is 6.03 Å². The van der Waals surface area contributed by atoms with E-state index in [0.29, 0.717) is 13.2 Å². The number of urea groups is 1. The maximum absolute atomic E-state index is 11.9. The maximum Gasteiger partial charge on any atom is 0.317 e. The van der Waals surface area contributed by atoms with Crippen molar-refractivity contribution in [2.45, 2.75) is 13.5 Å². The first-order chi connectivity index (χ1) is 10.2. The number of ether oxygens (including phenoxy) is 1. The lowest BCUT2D eigenvalue weighted by molar-refractivity contribution is 0.132. The van der Waals surface area contributed by atoms with Crippen LogP contribution >= 0.6 is 0 Å². The molecule has 0 aromatic heterocycles. The number of nitrogens with zero attached hydrogens (tertiary/aromatic N) is 2. The van der Waals surface area contributed by atoms with Crippen molar-refractivity contribution in [2.24, 2.45) is 0 Å². The van der Waals surface area contributed by atoms with Crippen molar-refractivity contribution >= 4 is 6.03 Å². The van der Waals surface area contributed by atoms with E-state index in [9.17, 15) is 4.79 Å². The number of rotatable bonds is 5. The Hall–Kier alpha value is -1.59. The molecule has 0 saturated carbocycles. The summed E-state index contributed by atoms with van der Waals surface area (Å²) in [5.74, 6) is 0. The van der Waals surface area contributed by atoms with Gasteiger partial charge in [-0.2, -0.15) is 0 Å². The Morgan fingerprint density at radius 3 is 2.71 bits per heavy atom. The predicted molar refractivity (Wildman–Crippen MR) is 83.3 cm³/mol. The molecule has 1 aliphatic heterocycles. The van der Waals surface area contributed by atoms with Crippen molar-refractivity contribution < 1.29 is 9.53 Å². The zero-order chi connectivity index (χ0) is 15.1. The van der Waals surface area contributed by atoms with Crippen LogP contribution in [0.15, 0.2) is 24.3 Å². The second-order valence-corrected chi connectivity index (χ2v) is 5.48. The summed E-state index contributed by atoms with van der Waals surface area (Å²) in [5.41, 5.74) is 2.64. The van der Waals surface area contributed by atoms with Crippen LogP contribution < -0.4 is 5.32 Å². The minimum atomic E-state index is 0.0160. The zero-order valence-corrected chi connectivity index (χ0v) is 13.0. The number of methoxy groups -OCH3 is 1. The standard InChI is InChI=1S/C16H25N3O2/c1-14-4-3-5-15(12-14)13-18-7-9-19(10-8-18)16(20)17-6-11-21-2/h3-5,12H,6-11,13H2,1-2H3,(H,17,20). The summed E-state index contributed by atoms with van der Waals surface area (Å²) in [6, 6.07) is 8.62. The molecular formula is C16H25N3O2. The fraction of sp³-hybridized carbons (Fsp3) is 0.562. The van der Waals surface area contributed by atoms with Gasteiger partial charge in [-0.15, -0.1) is 0 Å². The van der Waals surface area contributed by atoms with E-state index < -0.39 is 0 Å². The molecule has 1 N–H and O–H groups in total. The minimum absolute atomic E-state index is 0.0160. The summed E-state index contributed by atoms with van der Waals surface area (Å²) in [6.45, 7) is 7.61. The molecule has 1 aromatic rings.